The summed E-state index contributed by atoms with van der Waals surface area (Å²) in [6.07, 6.45) is 8.51. The summed E-state index contributed by atoms with van der Waals surface area (Å²) in [6, 6.07) is 7.27. The molecular weight excluding hydrogens is 440 g/mol. The van der Waals surface area contributed by atoms with Gasteiger partial charge in [-0.3, -0.25) is 14.6 Å². The Morgan fingerprint density at radius 2 is 1.97 bits per heavy atom. The van der Waals surface area contributed by atoms with Gasteiger partial charge in [0.05, 0.1) is 17.6 Å². The maximum absolute atomic E-state index is 13.2. The average molecular weight is 475 g/mol. The Morgan fingerprint density at radius 1 is 1.17 bits per heavy atom. The average Bonchev–Trinajstić information content (AvgIpc) is 3.33. The second kappa shape index (κ2) is 11.3. The number of carbonyl (C=O) groups excluding carboxylic acids is 2. The second-order valence-corrected chi connectivity index (χ2v) is 9.17. The van der Waals surface area contributed by atoms with E-state index in [2.05, 4.69) is 34.5 Å². The number of nitrogens with two attached hydrogens (primary N) is 1. The van der Waals surface area contributed by atoms with Gasteiger partial charge in [0.1, 0.15) is 5.84 Å². The van der Waals surface area contributed by atoms with E-state index in [9.17, 15) is 9.59 Å². The highest BCUT2D eigenvalue weighted by Crippen LogP contribution is 2.29. The summed E-state index contributed by atoms with van der Waals surface area (Å²) in [4.78, 5) is 36.9. The number of pyridine rings is 1. The van der Waals surface area contributed by atoms with Crippen molar-refractivity contribution in [2.75, 3.05) is 31.5 Å². The zero-order valence-electron chi connectivity index (χ0n) is 20.5. The third-order valence-electron chi connectivity index (χ3n) is 6.36. The molecule has 184 valence electrons. The largest absolute Gasteiger partial charge is 0.387 e. The number of fused-ring (bicyclic) bond motifs is 1. The molecule has 2 aromatic rings. The van der Waals surface area contributed by atoms with Gasteiger partial charge in [-0.1, -0.05) is 19.9 Å². The van der Waals surface area contributed by atoms with Crippen molar-refractivity contribution in [3.8, 4) is 0 Å². The molecule has 8 heteroatoms. The first-order valence-corrected chi connectivity index (χ1v) is 12.4. The zero-order valence-corrected chi connectivity index (χ0v) is 20.5. The molecule has 0 radical (unpaired) electrons. The molecule has 4 N–H and O–H groups in total. The normalized spacial score (nSPS) is 17.1. The molecule has 35 heavy (non-hydrogen) atoms. The first-order chi connectivity index (χ1) is 17.0. The minimum Gasteiger partial charge on any atom is -0.387 e. The predicted octanol–water partition coefficient (Wildman–Crippen LogP) is 3.84. The Hall–Kier alpha value is -3.52. The Morgan fingerprint density at radius 3 is 2.69 bits per heavy atom. The maximum Gasteiger partial charge on any atom is 0.255 e. The van der Waals surface area contributed by atoms with Crippen LogP contribution in [0.25, 0.3) is 6.08 Å². The van der Waals surface area contributed by atoms with Gasteiger partial charge in [0.2, 0.25) is 5.91 Å². The van der Waals surface area contributed by atoms with Crippen LogP contribution >= 0.6 is 0 Å². The Labute approximate surface area is 206 Å². The van der Waals surface area contributed by atoms with Crippen LogP contribution in [0.2, 0.25) is 0 Å². The number of hydrogen-bond donors (Lipinski definition) is 3. The summed E-state index contributed by atoms with van der Waals surface area (Å²) < 4.78 is 0. The molecule has 2 amide bonds. The lowest BCUT2D eigenvalue weighted by molar-refractivity contribution is -0.127. The monoisotopic (exact) mass is 474 g/mol. The molecule has 0 saturated carbocycles. The molecule has 0 spiro atoms. The molecule has 0 bridgehead atoms. The highest BCUT2D eigenvalue weighted by molar-refractivity contribution is 6.07. The predicted molar refractivity (Wildman–Crippen MR) is 140 cm³/mol. The van der Waals surface area contributed by atoms with Crippen molar-refractivity contribution in [2.24, 2.45) is 10.7 Å². The Balaban J connectivity index is 1.54. The summed E-state index contributed by atoms with van der Waals surface area (Å²) in [7, 11) is 0. The number of nitrogens with zero attached hydrogens (tertiary/aromatic N) is 3. The molecule has 0 aliphatic carbocycles. The van der Waals surface area contributed by atoms with Crippen LogP contribution in [0, 0.1) is 0 Å². The van der Waals surface area contributed by atoms with E-state index < -0.39 is 0 Å². The first kappa shape index (κ1) is 24.6. The van der Waals surface area contributed by atoms with E-state index in [1.807, 2.05) is 29.3 Å². The highest BCUT2D eigenvalue weighted by atomic mass is 16.2. The van der Waals surface area contributed by atoms with Gasteiger partial charge in [-0.25, -0.2) is 4.99 Å². The fourth-order valence-electron chi connectivity index (χ4n) is 4.62. The van der Waals surface area contributed by atoms with Gasteiger partial charge < -0.3 is 21.3 Å². The van der Waals surface area contributed by atoms with Crippen LogP contribution in [0.3, 0.4) is 0 Å². The van der Waals surface area contributed by atoms with Crippen LogP contribution in [-0.4, -0.2) is 53.7 Å². The molecule has 2 aliphatic heterocycles. The van der Waals surface area contributed by atoms with E-state index in [1.54, 1.807) is 18.3 Å². The molecule has 1 aromatic heterocycles. The quantitative estimate of drug-likeness (QED) is 0.538. The number of rotatable bonds is 8. The van der Waals surface area contributed by atoms with Crippen LogP contribution in [0.5, 0.6) is 0 Å². The van der Waals surface area contributed by atoms with E-state index in [1.165, 1.54) is 0 Å². The minimum absolute atomic E-state index is 0.00800. The van der Waals surface area contributed by atoms with Crippen LogP contribution in [0.1, 0.15) is 66.9 Å². The molecule has 4 rings (SSSR count). The molecular formula is C27H34N6O2. The lowest BCUT2D eigenvalue weighted by Gasteiger charge is -2.22. The number of carbonyl (C=O) groups is 2. The third kappa shape index (κ3) is 5.95. The number of amidine groups is 1. The standard InChI is InChI=1S/C27H34N6O2/c1-3-9-33(10-4-2)27(35)21-11-18-5-6-19(13-24(18)32-25(28)14-21)26(34)31-23-12-22(16-30-17-23)20-7-8-29-15-20/h5-6,11-13,16-17,20,29H,3-4,7-10,14-15H2,1-2H3,(H2,28,32)(H,31,34). The van der Waals surface area contributed by atoms with E-state index in [0.717, 1.165) is 43.5 Å². The van der Waals surface area contributed by atoms with Gasteiger partial charge in [0, 0.05) is 49.0 Å². The number of hydrogen-bond acceptors (Lipinski definition) is 6. The molecule has 1 fully saturated rings. The Kier molecular flexibility index (Phi) is 7.92. The van der Waals surface area contributed by atoms with Crippen LogP contribution in [0.15, 0.2) is 47.2 Å². The molecule has 1 saturated heterocycles. The van der Waals surface area contributed by atoms with Crippen LogP contribution in [-0.2, 0) is 4.79 Å². The van der Waals surface area contributed by atoms with Gasteiger partial charge in [-0.15, -0.1) is 0 Å². The summed E-state index contributed by atoms with van der Waals surface area (Å²) in [5.41, 5.74) is 10.4. The van der Waals surface area contributed by atoms with Crippen molar-refractivity contribution in [3.63, 3.8) is 0 Å². The fraction of sp³-hybridized carbons (Fsp3) is 0.407. The van der Waals surface area contributed by atoms with Crippen molar-refractivity contribution in [1.82, 2.24) is 15.2 Å². The number of aliphatic imine (C=N–C) groups is 1. The van der Waals surface area contributed by atoms with Crippen molar-refractivity contribution < 1.29 is 9.59 Å². The number of benzene rings is 1. The number of nitrogens with one attached hydrogen (secondary N) is 2. The lowest BCUT2D eigenvalue weighted by Crippen LogP contribution is -2.34. The number of aromatic nitrogens is 1. The summed E-state index contributed by atoms with van der Waals surface area (Å²) >= 11 is 0. The summed E-state index contributed by atoms with van der Waals surface area (Å²) in [5.74, 6) is 0.521. The fourth-order valence-corrected chi connectivity index (χ4v) is 4.62. The molecule has 1 atom stereocenters. The van der Waals surface area contributed by atoms with Gasteiger partial charge >= 0.3 is 0 Å². The lowest BCUT2D eigenvalue weighted by atomic mass is 10.00. The smallest absolute Gasteiger partial charge is 0.255 e. The van der Waals surface area contributed by atoms with Crippen molar-refractivity contribution in [1.29, 1.82) is 0 Å². The molecule has 1 unspecified atom stereocenters. The summed E-state index contributed by atoms with van der Waals surface area (Å²) in [5, 5.41) is 6.30. The van der Waals surface area contributed by atoms with Gasteiger partial charge in [-0.05, 0) is 61.6 Å². The van der Waals surface area contributed by atoms with E-state index in [0.29, 0.717) is 47.4 Å². The molecule has 3 heterocycles. The van der Waals surface area contributed by atoms with Crippen LogP contribution in [0.4, 0.5) is 11.4 Å². The van der Waals surface area contributed by atoms with Crippen LogP contribution < -0.4 is 16.4 Å². The minimum atomic E-state index is -0.244. The van der Waals surface area contributed by atoms with Gasteiger partial charge in [0.15, 0.2) is 0 Å². The zero-order chi connectivity index (χ0) is 24.8. The van der Waals surface area contributed by atoms with Crippen molar-refractivity contribution >= 4 is 35.1 Å². The maximum atomic E-state index is 13.2. The SMILES string of the molecule is CCCN(CCC)C(=O)C1=Cc2ccc(C(=O)Nc3cncc(C4CCNC4)c3)cc2N=C(N)C1. The van der Waals surface area contributed by atoms with E-state index in [4.69, 9.17) is 5.73 Å². The van der Waals surface area contributed by atoms with Crippen molar-refractivity contribution in [3.05, 3.63) is 58.9 Å². The van der Waals surface area contributed by atoms with Gasteiger partial charge in [-0.2, -0.15) is 0 Å². The molecule has 1 aromatic carbocycles. The summed E-state index contributed by atoms with van der Waals surface area (Å²) in [6.45, 7) is 7.47. The first-order valence-electron chi connectivity index (χ1n) is 12.4. The number of anilines is 1. The number of amides is 2. The molecule has 2 aliphatic rings. The topological polar surface area (TPSA) is 113 Å². The van der Waals surface area contributed by atoms with Gasteiger partial charge in [0.25, 0.3) is 5.91 Å². The molecule has 8 nitrogen and oxygen atoms in total. The second-order valence-electron chi connectivity index (χ2n) is 9.17. The third-order valence-corrected chi connectivity index (χ3v) is 6.36. The van der Waals surface area contributed by atoms with E-state index >= 15 is 0 Å². The highest BCUT2D eigenvalue weighted by Gasteiger charge is 2.22. The van der Waals surface area contributed by atoms with E-state index in [-0.39, 0.29) is 18.2 Å². The van der Waals surface area contributed by atoms with Crippen molar-refractivity contribution in [2.45, 2.75) is 45.4 Å². The Bertz CT molecular complexity index is 1140.